The van der Waals surface area contributed by atoms with Crippen molar-refractivity contribution in [1.29, 1.82) is 0 Å². The predicted molar refractivity (Wildman–Crippen MR) is 69.3 cm³/mol. The molecule has 1 aromatic heterocycles. The van der Waals surface area contributed by atoms with E-state index < -0.39 is 0 Å². The Labute approximate surface area is 110 Å². The van der Waals surface area contributed by atoms with Crippen LogP contribution in [0.15, 0.2) is 30.3 Å². The Bertz CT molecular complexity index is 560. The summed E-state index contributed by atoms with van der Waals surface area (Å²) in [6.07, 6.45) is 0.699. The number of aromatic nitrogens is 1. The van der Waals surface area contributed by atoms with Crippen LogP contribution < -0.4 is 9.47 Å². The summed E-state index contributed by atoms with van der Waals surface area (Å²) in [5, 5.41) is 0.326. The van der Waals surface area contributed by atoms with E-state index in [2.05, 4.69) is 0 Å². The first kappa shape index (κ1) is 12.5. The lowest BCUT2D eigenvalue weighted by Gasteiger charge is -2.10. The van der Waals surface area contributed by atoms with Gasteiger partial charge in [-0.15, -0.1) is 0 Å². The number of hydrogen-bond acceptors (Lipinski definition) is 3. The van der Waals surface area contributed by atoms with Crippen LogP contribution in [-0.2, 0) is 0 Å². The second kappa shape index (κ2) is 5.14. The molecule has 0 aliphatic carbocycles. The summed E-state index contributed by atoms with van der Waals surface area (Å²) in [7, 11) is 3.13. The van der Waals surface area contributed by atoms with E-state index in [-0.39, 0.29) is 0 Å². The molecule has 0 aliphatic heterocycles. The third kappa shape index (κ3) is 2.07. The van der Waals surface area contributed by atoms with Crippen LogP contribution in [0.5, 0.6) is 11.6 Å². The molecule has 0 fully saturated rings. The summed E-state index contributed by atoms with van der Waals surface area (Å²) >= 11 is 6.14. The quantitative estimate of drug-likeness (QED) is 0.798. The maximum absolute atomic E-state index is 10.9. The molecule has 0 atom stereocenters. The molecule has 18 heavy (non-hydrogen) atoms. The average Bonchev–Trinajstić information content (AvgIpc) is 2.75. The van der Waals surface area contributed by atoms with Crippen molar-refractivity contribution >= 4 is 17.9 Å². The van der Waals surface area contributed by atoms with Crippen LogP contribution in [0, 0.1) is 0 Å². The van der Waals surface area contributed by atoms with Crippen molar-refractivity contribution in [3.05, 3.63) is 41.0 Å². The van der Waals surface area contributed by atoms with Gasteiger partial charge in [0.1, 0.15) is 10.9 Å². The summed E-state index contributed by atoms with van der Waals surface area (Å²) < 4.78 is 12.0. The monoisotopic (exact) mass is 265 g/mol. The smallest absolute Gasteiger partial charge is 0.199 e. The Morgan fingerprint density at radius 1 is 1.17 bits per heavy atom. The Kier molecular flexibility index (Phi) is 3.58. The zero-order valence-corrected chi connectivity index (χ0v) is 10.8. The normalized spacial score (nSPS) is 10.2. The summed E-state index contributed by atoms with van der Waals surface area (Å²) in [6, 6.07) is 8.89. The number of hydrogen-bond donors (Lipinski definition) is 0. The van der Waals surface area contributed by atoms with Crippen molar-refractivity contribution in [1.82, 2.24) is 4.57 Å². The minimum Gasteiger partial charge on any atom is -0.497 e. The molecular formula is C13H12ClNO3. The van der Waals surface area contributed by atoms with Crippen molar-refractivity contribution < 1.29 is 14.3 Å². The average molecular weight is 266 g/mol. The molecule has 0 saturated heterocycles. The maximum atomic E-state index is 10.9. The Morgan fingerprint density at radius 2 is 1.83 bits per heavy atom. The van der Waals surface area contributed by atoms with Crippen LogP contribution in [0.3, 0.4) is 0 Å². The molecule has 0 bridgehead atoms. The minimum absolute atomic E-state index is 0.326. The molecule has 4 nitrogen and oxygen atoms in total. The molecule has 0 unspecified atom stereocenters. The number of rotatable bonds is 4. The van der Waals surface area contributed by atoms with Crippen molar-refractivity contribution in [2.75, 3.05) is 14.2 Å². The fourth-order valence-corrected chi connectivity index (χ4v) is 1.97. The predicted octanol–water partition coefficient (Wildman–Crippen LogP) is 2.96. The van der Waals surface area contributed by atoms with Crippen LogP contribution in [0.4, 0.5) is 0 Å². The van der Waals surface area contributed by atoms with Crippen LogP contribution in [-0.4, -0.2) is 25.1 Å². The van der Waals surface area contributed by atoms with Gasteiger partial charge in [0.15, 0.2) is 12.2 Å². The van der Waals surface area contributed by atoms with E-state index in [4.69, 9.17) is 21.1 Å². The third-order valence-corrected chi connectivity index (χ3v) is 2.99. The van der Waals surface area contributed by atoms with E-state index in [0.29, 0.717) is 22.9 Å². The van der Waals surface area contributed by atoms with Gasteiger partial charge in [-0.1, -0.05) is 11.6 Å². The number of benzene rings is 1. The van der Waals surface area contributed by atoms with Gasteiger partial charge < -0.3 is 9.47 Å². The number of halogens is 1. The SMILES string of the molecule is COc1ccc(-n2c(OC)cc(C=O)c2Cl)cc1. The first-order chi connectivity index (χ1) is 8.71. The van der Waals surface area contributed by atoms with Crippen LogP contribution >= 0.6 is 11.6 Å². The highest BCUT2D eigenvalue weighted by Crippen LogP contribution is 2.30. The molecule has 0 N–H and O–H groups in total. The first-order valence-electron chi connectivity index (χ1n) is 5.26. The van der Waals surface area contributed by atoms with E-state index in [9.17, 15) is 4.79 Å². The first-order valence-corrected chi connectivity index (χ1v) is 5.64. The van der Waals surface area contributed by atoms with Gasteiger partial charge in [0, 0.05) is 6.07 Å². The zero-order valence-electron chi connectivity index (χ0n) is 10.0. The Balaban J connectivity index is 2.54. The summed E-state index contributed by atoms with van der Waals surface area (Å²) in [5.41, 5.74) is 1.19. The van der Waals surface area contributed by atoms with Gasteiger partial charge >= 0.3 is 0 Å². The number of ether oxygens (including phenoxy) is 2. The van der Waals surface area contributed by atoms with Crippen molar-refractivity contribution in [2.24, 2.45) is 0 Å². The Hall–Kier alpha value is -1.94. The summed E-state index contributed by atoms with van der Waals surface area (Å²) in [5.74, 6) is 1.25. The molecule has 1 aromatic carbocycles. The standard InChI is InChI=1S/C13H12ClNO3/c1-17-11-5-3-10(4-6-11)15-12(18-2)7-9(8-16)13(15)14/h3-8H,1-2H3. The molecular weight excluding hydrogens is 254 g/mol. The molecule has 0 spiro atoms. The molecule has 2 rings (SSSR count). The second-order valence-corrected chi connectivity index (χ2v) is 3.94. The molecule has 5 heteroatoms. The number of carbonyl (C=O) groups excluding carboxylic acids is 1. The lowest BCUT2D eigenvalue weighted by Crippen LogP contribution is -1.98. The van der Waals surface area contributed by atoms with E-state index >= 15 is 0 Å². The Morgan fingerprint density at radius 3 is 2.33 bits per heavy atom. The number of methoxy groups -OCH3 is 2. The van der Waals surface area contributed by atoms with E-state index in [1.54, 1.807) is 17.7 Å². The molecule has 1 heterocycles. The second-order valence-electron chi connectivity index (χ2n) is 3.58. The van der Waals surface area contributed by atoms with Gasteiger partial charge in [-0.3, -0.25) is 9.36 Å². The lowest BCUT2D eigenvalue weighted by molar-refractivity contribution is 0.112. The number of carbonyl (C=O) groups is 1. The molecule has 0 amide bonds. The van der Waals surface area contributed by atoms with Crippen LogP contribution in [0.25, 0.3) is 5.69 Å². The van der Waals surface area contributed by atoms with Gasteiger partial charge in [0.2, 0.25) is 0 Å². The zero-order chi connectivity index (χ0) is 13.1. The molecule has 0 radical (unpaired) electrons. The van der Waals surface area contributed by atoms with E-state index in [0.717, 1.165) is 11.4 Å². The van der Waals surface area contributed by atoms with Crippen LogP contribution in [0.2, 0.25) is 5.15 Å². The minimum atomic E-state index is 0.326. The van der Waals surface area contributed by atoms with Crippen molar-refractivity contribution in [3.63, 3.8) is 0 Å². The van der Waals surface area contributed by atoms with Gasteiger partial charge in [0.25, 0.3) is 0 Å². The van der Waals surface area contributed by atoms with Gasteiger partial charge in [-0.25, -0.2) is 0 Å². The molecule has 0 aliphatic rings. The lowest BCUT2D eigenvalue weighted by atomic mass is 10.3. The molecule has 94 valence electrons. The van der Waals surface area contributed by atoms with E-state index in [1.165, 1.54) is 7.11 Å². The molecule has 2 aromatic rings. The number of aldehydes is 1. The maximum Gasteiger partial charge on any atom is 0.199 e. The highest BCUT2D eigenvalue weighted by molar-refractivity contribution is 6.32. The van der Waals surface area contributed by atoms with Crippen molar-refractivity contribution in [2.45, 2.75) is 0 Å². The van der Waals surface area contributed by atoms with Gasteiger partial charge in [0.05, 0.1) is 25.5 Å². The topological polar surface area (TPSA) is 40.5 Å². The van der Waals surface area contributed by atoms with Gasteiger partial charge in [-0.05, 0) is 24.3 Å². The van der Waals surface area contributed by atoms with Crippen LogP contribution in [0.1, 0.15) is 10.4 Å². The highest BCUT2D eigenvalue weighted by Gasteiger charge is 2.14. The fourth-order valence-electron chi connectivity index (χ4n) is 1.69. The largest absolute Gasteiger partial charge is 0.497 e. The van der Waals surface area contributed by atoms with Crippen molar-refractivity contribution in [3.8, 4) is 17.3 Å². The van der Waals surface area contributed by atoms with Gasteiger partial charge in [-0.2, -0.15) is 0 Å². The number of nitrogens with zero attached hydrogens (tertiary/aromatic N) is 1. The summed E-state index contributed by atoms with van der Waals surface area (Å²) in [4.78, 5) is 10.9. The summed E-state index contributed by atoms with van der Waals surface area (Å²) in [6.45, 7) is 0. The molecule has 0 saturated carbocycles. The third-order valence-electron chi connectivity index (χ3n) is 2.60. The highest BCUT2D eigenvalue weighted by atomic mass is 35.5. The van der Waals surface area contributed by atoms with E-state index in [1.807, 2.05) is 24.3 Å². The fraction of sp³-hybridized carbons (Fsp3) is 0.154.